The molecule has 1 amide bonds. The van der Waals surface area contributed by atoms with E-state index in [-0.39, 0.29) is 18.4 Å². The van der Waals surface area contributed by atoms with Crippen LogP contribution in [0, 0.1) is 0 Å². The van der Waals surface area contributed by atoms with Crippen LogP contribution in [0.15, 0.2) is 4.99 Å². The van der Waals surface area contributed by atoms with E-state index >= 15 is 0 Å². The number of carbonyl (C=O) groups excluding carboxylic acids is 1. The largest absolute Gasteiger partial charge is 0.444 e. The van der Waals surface area contributed by atoms with Crippen molar-refractivity contribution in [3.63, 3.8) is 0 Å². The van der Waals surface area contributed by atoms with Crippen molar-refractivity contribution < 1.29 is 17.9 Å². The lowest BCUT2D eigenvalue weighted by Gasteiger charge is -2.30. The summed E-state index contributed by atoms with van der Waals surface area (Å²) in [6.07, 6.45) is -0.386. The molecule has 0 bridgehead atoms. The van der Waals surface area contributed by atoms with Crippen LogP contribution in [-0.4, -0.2) is 81.2 Å². The summed E-state index contributed by atoms with van der Waals surface area (Å²) < 4.78 is 29.8. The fourth-order valence-electron chi connectivity index (χ4n) is 1.72. The van der Waals surface area contributed by atoms with E-state index in [1.165, 1.54) is 18.4 Å². The minimum Gasteiger partial charge on any atom is -0.444 e. The SMILES string of the molecule is CN(C)S(=O)(=O)CCNC1=NCCN(C(=O)OC(C)(C)C)C1. The number of aliphatic imine (C=N–C) groups is 1. The Labute approximate surface area is 132 Å². The Hall–Kier alpha value is -1.35. The molecule has 0 aliphatic carbocycles. The highest BCUT2D eigenvalue weighted by atomic mass is 32.2. The first kappa shape index (κ1) is 18.7. The Kier molecular flexibility index (Phi) is 6.18. The van der Waals surface area contributed by atoms with Gasteiger partial charge in [-0.05, 0) is 20.8 Å². The zero-order valence-electron chi connectivity index (χ0n) is 13.9. The van der Waals surface area contributed by atoms with E-state index < -0.39 is 15.6 Å². The van der Waals surface area contributed by atoms with Crippen LogP contribution in [0.4, 0.5) is 4.79 Å². The molecule has 0 aromatic heterocycles. The molecule has 1 N–H and O–H groups in total. The van der Waals surface area contributed by atoms with Gasteiger partial charge in [0.2, 0.25) is 10.0 Å². The summed E-state index contributed by atoms with van der Waals surface area (Å²) in [5.41, 5.74) is -0.543. The van der Waals surface area contributed by atoms with E-state index in [2.05, 4.69) is 10.3 Å². The molecule has 1 aliphatic rings. The van der Waals surface area contributed by atoms with Crippen LogP contribution >= 0.6 is 0 Å². The molecule has 0 saturated carbocycles. The van der Waals surface area contributed by atoms with Crippen molar-refractivity contribution in [2.45, 2.75) is 26.4 Å². The molecule has 0 aromatic carbocycles. The maximum absolute atomic E-state index is 12.0. The predicted molar refractivity (Wildman–Crippen MR) is 85.6 cm³/mol. The van der Waals surface area contributed by atoms with Gasteiger partial charge in [0.25, 0.3) is 0 Å². The van der Waals surface area contributed by atoms with Gasteiger partial charge in [0.1, 0.15) is 11.4 Å². The topological polar surface area (TPSA) is 91.3 Å². The molecule has 0 radical (unpaired) electrons. The molecule has 9 heteroatoms. The third-order valence-corrected chi connectivity index (χ3v) is 4.74. The van der Waals surface area contributed by atoms with Crippen molar-refractivity contribution in [1.29, 1.82) is 0 Å². The van der Waals surface area contributed by atoms with Gasteiger partial charge in [-0.15, -0.1) is 0 Å². The number of nitrogens with one attached hydrogen (secondary N) is 1. The van der Waals surface area contributed by atoms with Crippen LogP contribution in [0.25, 0.3) is 0 Å². The van der Waals surface area contributed by atoms with Gasteiger partial charge in [-0.3, -0.25) is 9.89 Å². The second kappa shape index (κ2) is 7.28. The Morgan fingerprint density at radius 3 is 2.59 bits per heavy atom. The van der Waals surface area contributed by atoms with Crippen LogP contribution in [0.3, 0.4) is 0 Å². The van der Waals surface area contributed by atoms with E-state index in [1.807, 2.05) is 20.8 Å². The van der Waals surface area contributed by atoms with Crippen LogP contribution < -0.4 is 5.32 Å². The minimum atomic E-state index is -3.24. The summed E-state index contributed by atoms with van der Waals surface area (Å²) in [6.45, 7) is 6.97. The van der Waals surface area contributed by atoms with Crippen molar-refractivity contribution in [1.82, 2.24) is 14.5 Å². The van der Waals surface area contributed by atoms with Crippen molar-refractivity contribution in [3.8, 4) is 0 Å². The number of ether oxygens (including phenoxy) is 1. The summed E-state index contributed by atoms with van der Waals surface area (Å²) in [7, 11) is -0.247. The third-order valence-electron chi connectivity index (χ3n) is 2.91. The summed E-state index contributed by atoms with van der Waals surface area (Å²) in [5.74, 6) is 0.580. The molecule has 128 valence electrons. The monoisotopic (exact) mass is 334 g/mol. The second-order valence-corrected chi connectivity index (χ2v) is 8.56. The highest BCUT2D eigenvalue weighted by molar-refractivity contribution is 7.89. The molecule has 1 aliphatic heterocycles. The minimum absolute atomic E-state index is 0.0224. The van der Waals surface area contributed by atoms with Gasteiger partial charge < -0.3 is 10.1 Å². The van der Waals surface area contributed by atoms with Crippen molar-refractivity contribution in [2.75, 3.05) is 46.0 Å². The highest BCUT2D eigenvalue weighted by Crippen LogP contribution is 2.10. The standard InChI is InChI=1S/C13H26N4O4S/c1-13(2,3)21-12(18)17-8-6-14-11(10-17)15-7-9-22(19,20)16(4)5/h6-10H2,1-5H3,(H,14,15). The lowest BCUT2D eigenvalue weighted by atomic mass is 10.2. The smallest absolute Gasteiger partial charge is 0.410 e. The number of carbonyl (C=O) groups is 1. The molecule has 0 aromatic rings. The number of nitrogens with zero attached hydrogens (tertiary/aromatic N) is 3. The van der Waals surface area contributed by atoms with Crippen LogP contribution in [0.1, 0.15) is 20.8 Å². The van der Waals surface area contributed by atoms with E-state index in [4.69, 9.17) is 4.74 Å². The zero-order valence-corrected chi connectivity index (χ0v) is 14.7. The predicted octanol–water partition coefficient (Wildman–Crippen LogP) is 0.117. The zero-order chi connectivity index (χ0) is 17.0. The van der Waals surface area contributed by atoms with Gasteiger partial charge in [-0.2, -0.15) is 0 Å². The van der Waals surface area contributed by atoms with E-state index in [1.54, 1.807) is 4.90 Å². The average molecular weight is 334 g/mol. The van der Waals surface area contributed by atoms with Gasteiger partial charge in [0, 0.05) is 27.2 Å². The lowest BCUT2D eigenvalue weighted by Crippen LogP contribution is -2.48. The number of amidine groups is 1. The maximum atomic E-state index is 12.0. The van der Waals surface area contributed by atoms with Crippen LogP contribution in [0.5, 0.6) is 0 Å². The third kappa shape index (κ3) is 6.18. The van der Waals surface area contributed by atoms with E-state index in [9.17, 15) is 13.2 Å². The van der Waals surface area contributed by atoms with Gasteiger partial charge in [0.15, 0.2) is 0 Å². The summed E-state index contributed by atoms with van der Waals surface area (Å²) in [4.78, 5) is 17.8. The number of amides is 1. The van der Waals surface area contributed by atoms with Crippen molar-refractivity contribution >= 4 is 22.0 Å². The number of sulfonamides is 1. The lowest BCUT2D eigenvalue weighted by molar-refractivity contribution is 0.0276. The molecular weight excluding hydrogens is 308 g/mol. The van der Waals surface area contributed by atoms with E-state index in [0.29, 0.717) is 25.5 Å². The molecule has 0 fully saturated rings. The summed E-state index contributed by atoms with van der Waals surface area (Å²) in [5, 5.41) is 2.97. The van der Waals surface area contributed by atoms with Gasteiger partial charge in [-0.25, -0.2) is 17.5 Å². The summed E-state index contributed by atoms with van der Waals surface area (Å²) >= 11 is 0. The van der Waals surface area contributed by atoms with Gasteiger partial charge >= 0.3 is 6.09 Å². The normalized spacial score (nSPS) is 16.5. The van der Waals surface area contributed by atoms with Crippen molar-refractivity contribution in [3.05, 3.63) is 0 Å². The fraction of sp³-hybridized carbons (Fsp3) is 0.846. The van der Waals surface area contributed by atoms with Crippen LogP contribution in [-0.2, 0) is 14.8 Å². The number of hydrogen-bond donors (Lipinski definition) is 1. The first-order valence-electron chi connectivity index (χ1n) is 7.16. The molecule has 0 atom stereocenters. The number of hydrogen-bond acceptors (Lipinski definition) is 6. The fourth-order valence-corrected chi connectivity index (χ4v) is 2.44. The Morgan fingerprint density at radius 2 is 2.05 bits per heavy atom. The number of rotatable bonds is 4. The molecule has 0 unspecified atom stereocenters. The van der Waals surface area contributed by atoms with Gasteiger partial charge in [0.05, 0.1) is 18.8 Å². The maximum Gasteiger partial charge on any atom is 0.410 e. The quantitative estimate of drug-likeness (QED) is 0.788. The molecule has 1 rings (SSSR count). The Balaban J connectivity index is 2.47. The molecule has 0 spiro atoms. The van der Waals surface area contributed by atoms with Crippen molar-refractivity contribution in [2.24, 2.45) is 4.99 Å². The van der Waals surface area contributed by atoms with E-state index in [0.717, 1.165) is 0 Å². The molecule has 1 heterocycles. The molecule has 8 nitrogen and oxygen atoms in total. The first-order valence-corrected chi connectivity index (χ1v) is 8.77. The highest BCUT2D eigenvalue weighted by Gasteiger charge is 2.25. The Morgan fingerprint density at radius 1 is 1.41 bits per heavy atom. The van der Waals surface area contributed by atoms with Crippen LogP contribution in [0.2, 0.25) is 0 Å². The molecule has 22 heavy (non-hydrogen) atoms. The molecule has 0 saturated heterocycles. The van der Waals surface area contributed by atoms with Gasteiger partial charge in [-0.1, -0.05) is 0 Å². The summed E-state index contributed by atoms with van der Waals surface area (Å²) in [6, 6.07) is 0. The molecular formula is C13H26N4O4S. The first-order chi connectivity index (χ1) is 10.0. The Bertz CT molecular complexity index is 523. The average Bonchev–Trinajstić information content (AvgIpc) is 2.36. The second-order valence-electron chi connectivity index (χ2n) is 6.26.